The molecule has 0 saturated heterocycles. The minimum Gasteiger partial charge on any atom is -0.382 e. The van der Waals surface area contributed by atoms with Gasteiger partial charge in [-0.2, -0.15) is 26.3 Å². The van der Waals surface area contributed by atoms with Gasteiger partial charge < -0.3 is 14.2 Å². The van der Waals surface area contributed by atoms with Gasteiger partial charge in [-0.1, -0.05) is 4.13 Å². The summed E-state index contributed by atoms with van der Waals surface area (Å²) in [7, 11) is -11.5. The second kappa shape index (κ2) is 12.7. The number of nitrogens with zero attached hydrogens (tertiary/aromatic N) is 1. The van der Waals surface area contributed by atoms with Crippen molar-refractivity contribution in [2.75, 3.05) is 40.1 Å². The first kappa shape index (κ1) is 28.9. The van der Waals surface area contributed by atoms with Gasteiger partial charge in [-0.15, -0.1) is 11.3 Å². The van der Waals surface area contributed by atoms with Gasteiger partial charge in [-0.25, -0.2) is 21.8 Å². The lowest BCUT2D eigenvalue weighted by atomic mass is 10.5. The van der Waals surface area contributed by atoms with Gasteiger partial charge in [0.1, 0.15) is 0 Å². The van der Waals surface area contributed by atoms with Gasteiger partial charge in [-0.3, -0.25) is 0 Å². The van der Waals surface area contributed by atoms with E-state index in [2.05, 4.69) is 4.98 Å². The Kier molecular flexibility index (Phi) is 12.3. The molecule has 1 aromatic rings. The van der Waals surface area contributed by atoms with Crippen molar-refractivity contribution >= 4 is 31.4 Å². The summed E-state index contributed by atoms with van der Waals surface area (Å²) in [5.74, 6) is 0. The molecule has 0 spiro atoms. The van der Waals surface area contributed by atoms with Crippen LogP contribution < -0.4 is 4.13 Å². The first-order chi connectivity index (χ1) is 13.6. The molecule has 0 aliphatic carbocycles. The number of halogens is 6. The predicted molar refractivity (Wildman–Crippen MR) is 92.4 cm³/mol. The molecule has 0 bridgehead atoms. The van der Waals surface area contributed by atoms with E-state index >= 15 is 0 Å². The lowest BCUT2D eigenvalue weighted by Gasteiger charge is -2.11. The summed E-state index contributed by atoms with van der Waals surface area (Å²) in [4.78, 5) is 4.17. The van der Waals surface area contributed by atoms with E-state index in [1.807, 2.05) is 11.6 Å². The zero-order valence-electron chi connectivity index (χ0n) is 15.2. The number of methoxy groups -OCH3 is 1. The normalized spacial score (nSPS) is 13.0. The fraction of sp³-hybridized carbons (Fsp3) is 0.750. The first-order valence-electron chi connectivity index (χ1n) is 7.58. The second-order valence-corrected chi connectivity index (χ2v) is 9.46. The maximum atomic E-state index is 11.5. The Labute approximate surface area is 172 Å². The molecule has 30 heavy (non-hydrogen) atoms. The van der Waals surface area contributed by atoms with Crippen molar-refractivity contribution in [2.45, 2.75) is 17.4 Å². The Morgan fingerprint density at radius 1 is 0.900 bits per heavy atom. The molecule has 0 radical (unpaired) electrons. The van der Waals surface area contributed by atoms with Crippen LogP contribution in [0.4, 0.5) is 26.3 Å². The minimum atomic E-state index is -6.60. The summed E-state index contributed by atoms with van der Waals surface area (Å²) >= 11 is 1.66. The average molecular weight is 512 g/mol. The highest BCUT2D eigenvalue weighted by molar-refractivity contribution is 8.05. The highest BCUT2D eigenvalue weighted by Crippen LogP contribution is 2.27. The fourth-order valence-corrected chi connectivity index (χ4v) is 3.75. The summed E-state index contributed by atoms with van der Waals surface area (Å²) in [5, 5.41) is 3.10. The first-order valence-corrected chi connectivity index (χ1v) is 11.4. The smallest absolute Gasteiger partial charge is 0.382 e. The van der Waals surface area contributed by atoms with Crippen LogP contribution in [-0.4, -0.2) is 73.0 Å². The molecule has 0 fully saturated rings. The van der Waals surface area contributed by atoms with E-state index in [4.69, 9.17) is 14.2 Å². The van der Waals surface area contributed by atoms with Gasteiger partial charge in [0.25, 0.3) is 0 Å². The van der Waals surface area contributed by atoms with Crippen LogP contribution in [0.1, 0.15) is 5.01 Å². The molecule has 0 aromatic carbocycles. The lowest BCUT2D eigenvalue weighted by Crippen LogP contribution is -2.45. The van der Waals surface area contributed by atoms with E-state index in [1.54, 1.807) is 18.4 Å². The van der Waals surface area contributed by atoms with Crippen molar-refractivity contribution in [1.29, 1.82) is 0 Å². The van der Waals surface area contributed by atoms with Gasteiger partial charge in [0.2, 0.25) is 0 Å². The topological polar surface area (TPSA) is 121 Å². The van der Waals surface area contributed by atoms with Crippen LogP contribution in [0, 0.1) is 0 Å². The molecule has 0 unspecified atom stereocenters. The molecular formula is C12H18F6N2O7S3. The minimum absolute atomic E-state index is 0.493. The Bertz CT molecular complexity index is 753. The monoisotopic (exact) mass is 512 g/mol. The third-order valence-electron chi connectivity index (χ3n) is 2.58. The Morgan fingerprint density at radius 2 is 1.37 bits per heavy atom. The quantitative estimate of drug-likeness (QED) is 0.351. The van der Waals surface area contributed by atoms with Crippen molar-refractivity contribution in [1.82, 2.24) is 9.11 Å². The van der Waals surface area contributed by atoms with E-state index < -0.39 is 35.2 Å². The number of nitrogens with one attached hydrogen (secondary N) is 1. The van der Waals surface area contributed by atoms with Gasteiger partial charge in [0.05, 0.1) is 38.0 Å². The van der Waals surface area contributed by atoms with Gasteiger partial charge in [0, 0.05) is 25.1 Å². The van der Waals surface area contributed by atoms with Crippen LogP contribution in [-0.2, 0) is 40.7 Å². The molecule has 0 amide bonds. The largest absolute Gasteiger partial charge is 0.512 e. The van der Waals surface area contributed by atoms with Crippen molar-refractivity contribution in [3.05, 3.63) is 16.6 Å². The van der Waals surface area contributed by atoms with E-state index in [1.165, 1.54) is 0 Å². The van der Waals surface area contributed by atoms with Gasteiger partial charge in [0.15, 0.2) is 0 Å². The van der Waals surface area contributed by atoms with Crippen molar-refractivity contribution < 1.29 is 57.4 Å². The number of aromatic nitrogens is 1. The standard InChI is InChI=1S/C10H17NO3S.C2HF6NO4S2/c1-12-5-6-14-8-7-13-4-2-10-11-3-9-15-10;3-1(4,5)14(10,11)9-15(12,13)2(6,7)8/h3,9H,2,4-8H2,1H3;9H. The number of alkyl halides is 6. The van der Waals surface area contributed by atoms with Crippen LogP contribution in [0.2, 0.25) is 0 Å². The molecule has 178 valence electrons. The third-order valence-corrected chi connectivity index (χ3v) is 6.39. The summed E-state index contributed by atoms with van der Waals surface area (Å²) in [6, 6.07) is 0. The highest BCUT2D eigenvalue weighted by atomic mass is 32.3. The molecule has 0 aliphatic rings. The van der Waals surface area contributed by atoms with Crippen LogP contribution in [0.3, 0.4) is 0 Å². The summed E-state index contributed by atoms with van der Waals surface area (Å²) < 4.78 is 124. The molecule has 1 rings (SSSR count). The van der Waals surface area contributed by atoms with E-state index in [0.29, 0.717) is 33.0 Å². The summed E-state index contributed by atoms with van der Waals surface area (Å²) in [5.41, 5.74) is -12.3. The average Bonchev–Trinajstić information content (AvgIpc) is 3.08. The number of sulfonamides is 2. The maximum Gasteiger partial charge on any atom is 0.512 e. The van der Waals surface area contributed by atoms with Crippen LogP contribution in [0.15, 0.2) is 11.6 Å². The maximum absolute atomic E-state index is 11.5. The molecule has 9 nitrogen and oxygen atoms in total. The molecule has 0 aliphatic heterocycles. The zero-order valence-corrected chi connectivity index (χ0v) is 17.6. The van der Waals surface area contributed by atoms with E-state index in [9.17, 15) is 43.2 Å². The lowest BCUT2D eigenvalue weighted by molar-refractivity contribution is -0.0476. The van der Waals surface area contributed by atoms with Gasteiger partial charge in [-0.05, 0) is 0 Å². The van der Waals surface area contributed by atoms with Crippen molar-refractivity contribution in [3.8, 4) is 0 Å². The number of hydrogen-bond acceptors (Lipinski definition) is 9. The molecule has 0 saturated carbocycles. The van der Waals surface area contributed by atoms with Crippen LogP contribution >= 0.6 is 11.3 Å². The number of thiazole rings is 1. The number of hydrogen-bond donors (Lipinski definition) is 1. The molecule has 18 heteroatoms. The van der Waals surface area contributed by atoms with Crippen molar-refractivity contribution in [2.24, 2.45) is 0 Å². The second-order valence-electron chi connectivity index (χ2n) is 4.88. The van der Waals surface area contributed by atoms with Gasteiger partial charge >= 0.3 is 31.1 Å². The molecular weight excluding hydrogens is 494 g/mol. The van der Waals surface area contributed by atoms with E-state index in [-0.39, 0.29) is 0 Å². The SMILES string of the molecule is COCCOCCOCCc1nccs1.O=S(=O)(NS(=O)(=O)C(F)(F)F)C(F)(F)F. The number of rotatable bonds is 11. The number of ether oxygens (including phenoxy) is 3. The Hall–Kier alpha value is -1.05. The van der Waals surface area contributed by atoms with Crippen LogP contribution in [0.5, 0.6) is 0 Å². The van der Waals surface area contributed by atoms with Crippen molar-refractivity contribution in [3.63, 3.8) is 0 Å². The molecule has 1 aromatic heterocycles. The Morgan fingerprint density at radius 3 is 1.77 bits per heavy atom. The van der Waals surface area contributed by atoms with E-state index in [0.717, 1.165) is 11.4 Å². The fourth-order valence-electron chi connectivity index (χ4n) is 1.24. The highest BCUT2D eigenvalue weighted by Gasteiger charge is 2.55. The van der Waals surface area contributed by atoms with Crippen LogP contribution in [0.25, 0.3) is 0 Å². The Balaban J connectivity index is 0.000000561. The molecule has 1 heterocycles. The molecule has 1 N–H and O–H groups in total. The molecule has 0 atom stereocenters. The predicted octanol–water partition coefficient (Wildman–Crippen LogP) is 1.64. The summed E-state index contributed by atoms with van der Waals surface area (Å²) in [6.07, 6.45) is 2.70. The zero-order chi connectivity index (χ0) is 23.5. The third kappa shape index (κ3) is 11.4. The summed E-state index contributed by atoms with van der Waals surface area (Å²) in [6.45, 7) is 3.24.